The molecule has 0 saturated carbocycles. The first-order valence-corrected chi connectivity index (χ1v) is 33.7. The maximum absolute atomic E-state index is 13.8. The summed E-state index contributed by atoms with van der Waals surface area (Å²) in [6.07, 6.45) is -13.1. The molecule has 34 nitrogen and oxygen atoms in total. The van der Waals surface area contributed by atoms with E-state index in [2.05, 4.69) is 30.3 Å². The van der Waals surface area contributed by atoms with E-state index in [9.17, 15) is 66.5 Å². The molecule has 1 aromatic carbocycles. The minimum Gasteiger partial charge on any atom is -0.420 e. The molecule has 0 amide bonds. The van der Waals surface area contributed by atoms with E-state index in [0.29, 0.717) is 130 Å². The second-order valence-corrected chi connectivity index (χ2v) is 24.6. The van der Waals surface area contributed by atoms with Crippen molar-refractivity contribution in [3.63, 3.8) is 0 Å². The highest BCUT2D eigenvalue weighted by Crippen LogP contribution is 2.39. The molecule has 0 radical (unpaired) electrons. The Morgan fingerprint density at radius 2 is 0.787 bits per heavy atom. The highest BCUT2D eigenvalue weighted by molar-refractivity contribution is 7.52. The van der Waals surface area contributed by atoms with Crippen LogP contribution in [0.25, 0.3) is 0 Å². The third-order valence-electron chi connectivity index (χ3n) is 13.9. The van der Waals surface area contributed by atoms with Gasteiger partial charge in [-0.2, -0.15) is 8.78 Å². The Morgan fingerprint density at radius 1 is 0.457 bits per heavy atom. The molecule has 0 spiro atoms. The quantitative estimate of drug-likeness (QED) is 0.00535. The SMILES string of the molecule is O=C(CCOCCOCCOCCN(CCOCCOCCOCCn1cc(CCO[C@@H]2O[C@H](CCP(=O)(O)O)[C@@H](O)[C@H](O)[C@@H]2O)nn1)CCOCCOCCOCCn1cc(CCO[C@H]2O[C@H](CCP(=O)(O)O)[C@@H](O)[C@H](O)[C@@H]2O)nn1)Oc1c(F)c(F)c(F)c(F)c1F. The molecular formula is C53H86F5N7O27P2. The average Bonchev–Trinajstić information content (AvgIpc) is 1.12. The second-order valence-electron chi connectivity index (χ2n) is 21.0. The molecule has 2 aliphatic heterocycles. The number of aliphatic hydroxyl groups is 6. The van der Waals surface area contributed by atoms with Crippen LogP contribution in [0.2, 0.25) is 0 Å². The number of carbonyl (C=O) groups excluding carboxylic acids is 1. The number of carbonyl (C=O) groups is 1. The topological polar surface area (TPSA) is 447 Å². The number of rotatable bonds is 51. The number of benzene rings is 1. The summed E-state index contributed by atoms with van der Waals surface area (Å²) in [6.45, 7) is 6.56. The molecule has 41 heteroatoms. The molecule has 0 bridgehead atoms. The van der Waals surface area contributed by atoms with Crippen molar-refractivity contribution in [1.82, 2.24) is 34.9 Å². The van der Waals surface area contributed by atoms with Gasteiger partial charge >= 0.3 is 21.2 Å². The number of aliphatic hydroxyl groups excluding tert-OH is 6. The normalized spacial score (nSPS) is 22.0. The largest absolute Gasteiger partial charge is 0.420 e. The molecule has 3 aromatic rings. The van der Waals surface area contributed by atoms with E-state index < -0.39 is 136 Å². The number of esters is 1. The molecule has 94 heavy (non-hydrogen) atoms. The number of ether oxygens (including phenoxy) is 14. The number of aromatic nitrogens is 6. The van der Waals surface area contributed by atoms with Crippen LogP contribution in [0.3, 0.4) is 0 Å². The van der Waals surface area contributed by atoms with Crippen LogP contribution in [0, 0.1) is 29.1 Å². The standard InChI is InChI=1S/C53H86F5N7O27P2/c54-40-41(55)43(57)51(44(58)42(40)56)92-39(66)3-11-79-19-25-85-26-20-80-14-6-63(7-15-81-21-27-86-29-23-83-17-9-64-33-35(59-61-64)1-12-88-52-49(71)47(69)45(67)37(90-52)4-31-93(73,74)75)8-16-82-22-28-87-30-24-84-18-10-65-34-36(60-62-65)2-13-89-53-50(72)48(70)46(68)38(91-53)5-32-94(76,77)78/h33-34,37-38,45-50,52-53,67-72H,1-32H2,(H2,73,74,75)(H2,76,77,78)/t37-,38-,45-,46-,47+,48+,49+,50+,52-,53+/m1/s1. The highest BCUT2D eigenvalue weighted by atomic mass is 31.2. The van der Waals surface area contributed by atoms with E-state index in [-0.39, 0.29) is 71.9 Å². The van der Waals surface area contributed by atoms with Gasteiger partial charge < -0.3 is 117 Å². The maximum atomic E-state index is 13.8. The van der Waals surface area contributed by atoms with Crippen LogP contribution in [-0.2, 0) is 101 Å². The summed E-state index contributed by atoms with van der Waals surface area (Å²) in [5.74, 6) is -14.4. The Bertz CT molecular complexity index is 2560. The zero-order chi connectivity index (χ0) is 68.5. The third kappa shape index (κ3) is 30.5. The summed E-state index contributed by atoms with van der Waals surface area (Å²) < 4.78 is 170. The van der Waals surface area contributed by atoms with Gasteiger partial charge in [-0.15, -0.1) is 10.2 Å². The molecule has 540 valence electrons. The van der Waals surface area contributed by atoms with E-state index in [1.807, 2.05) is 0 Å². The molecule has 0 unspecified atom stereocenters. The van der Waals surface area contributed by atoms with Crippen molar-refractivity contribution in [3.05, 3.63) is 52.9 Å². The van der Waals surface area contributed by atoms with E-state index in [0.717, 1.165) is 0 Å². The van der Waals surface area contributed by atoms with Crippen LogP contribution in [0.1, 0.15) is 30.7 Å². The molecule has 2 aliphatic rings. The van der Waals surface area contributed by atoms with Gasteiger partial charge in [0.05, 0.1) is 188 Å². The van der Waals surface area contributed by atoms with E-state index >= 15 is 0 Å². The monoisotopic (exact) mass is 1410 g/mol. The Kier molecular flexibility index (Phi) is 37.4. The second kappa shape index (κ2) is 43.5. The van der Waals surface area contributed by atoms with Gasteiger partial charge in [0.15, 0.2) is 12.6 Å². The first-order valence-electron chi connectivity index (χ1n) is 30.1. The van der Waals surface area contributed by atoms with Gasteiger partial charge in [0.2, 0.25) is 34.8 Å². The highest BCUT2D eigenvalue weighted by Gasteiger charge is 2.46. The Labute approximate surface area is 536 Å². The first kappa shape index (κ1) is 80.8. The molecule has 0 aliphatic carbocycles. The van der Waals surface area contributed by atoms with E-state index in [1.54, 1.807) is 21.8 Å². The summed E-state index contributed by atoms with van der Waals surface area (Å²) in [6, 6.07) is 0. The minimum atomic E-state index is -4.40. The maximum Gasteiger partial charge on any atom is 0.325 e. The lowest BCUT2D eigenvalue weighted by Crippen LogP contribution is -2.58. The lowest BCUT2D eigenvalue weighted by molar-refractivity contribution is -0.296. The predicted octanol–water partition coefficient (Wildman–Crippen LogP) is -2.42. The van der Waals surface area contributed by atoms with Gasteiger partial charge in [0.1, 0.15) is 36.6 Å². The van der Waals surface area contributed by atoms with Crippen molar-refractivity contribution < 1.29 is 152 Å². The predicted molar refractivity (Wildman–Crippen MR) is 306 cm³/mol. The molecule has 10 N–H and O–H groups in total. The van der Waals surface area contributed by atoms with Crippen molar-refractivity contribution in [1.29, 1.82) is 0 Å². The summed E-state index contributed by atoms with van der Waals surface area (Å²) in [5, 5.41) is 77.6. The molecule has 4 heterocycles. The van der Waals surface area contributed by atoms with Crippen LogP contribution in [0.4, 0.5) is 22.0 Å². The number of hydrogen-bond acceptors (Lipinski definition) is 28. The van der Waals surface area contributed by atoms with Gasteiger partial charge in [0.25, 0.3) is 0 Å². The number of hydrogen-bond donors (Lipinski definition) is 10. The van der Waals surface area contributed by atoms with Crippen LogP contribution in [-0.4, -0.2) is 317 Å². The van der Waals surface area contributed by atoms with Gasteiger partial charge in [-0.3, -0.25) is 18.8 Å². The first-order chi connectivity index (χ1) is 44.9. The summed E-state index contributed by atoms with van der Waals surface area (Å²) in [7, 11) is -8.79. The van der Waals surface area contributed by atoms with Crippen LogP contribution in [0.5, 0.6) is 5.75 Å². The Morgan fingerprint density at radius 3 is 1.15 bits per heavy atom. The van der Waals surface area contributed by atoms with Crippen LogP contribution in [0.15, 0.2) is 12.4 Å². The summed E-state index contributed by atoms with van der Waals surface area (Å²) in [5.41, 5.74) is 1.09. The van der Waals surface area contributed by atoms with Gasteiger partial charge in [0, 0.05) is 44.9 Å². The molecule has 2 fully saturated rings. The zero-order valence-corrected chi connectivity index (χ0v) is 53.2. The zero-order valence-electron chi connectivity index (χ0n) is 51.4. The van der Waals surface area contributed by atoms with Crippen molar-refractivity contribution in [2.75, 3.05) is 164 Å². The lowest BCUT2D eigenvalue weighted by atomic mass is 9.97. The van der Waals surface area contributed by atoms with Crippen LogP contribution >= 0.6 is 15.2 Å². The van der Waals surface area contributed by atoms with Crippen molar-refractivity contribution in [2.45, 2.75) is 107 Å². The number of nitrogens with zero attached hydrogens (tertiary/aromatic N) is 7. The third-order valence-corrected chi connectivity index (χ3v) is 15.5. The Hall–Kier alpha value is -3.88. The molecule has 10 atom stereocenters. The molecule has 2 saturated heterocycles. The summed E-state index contributed by atoms with van der Waals surface area (Å²) >= 11 is 0. The molecule has 5 rings (SSSR count). The smallest absolute Gasteiger partial charge is 0.325 e. The fourth-order valence-electron chi connectivity index (χ4n) is 8.71. The fourth-order valence-corrected chi connectivity index (χ4v) is 9.90. The van der Waals surface area contributed by atoms with Gasteiger partial charge in [-0.1, -0.05) is 10.4 Å². The lowest BCUT2D eigenvalue weighted by Gasteiger charge is -2.40. The minimum absolute atomic E-state index is 0.00340. The van der Waals surface area contributed by atoms with Crippen LogP contribution < -0.4 is 4.74 Å². The average molecular weight is 1410 g/mol. The molecule has 2 aromatic heterocycles. The van der Waals surface area contributed by atoms with E-state index in [1.165, 1.54) is 0 Å². The van der Waals surface area contributed by atoms with Gasteiger partial charge in [-0.05, 0) is 12.8 Å². The van der Waals surface area contributed by atoms with Crippen molar-refractivity contribution >= 4 is 21.2 Å². The summed E-state index contributed by atoms with van der Waals surface area (Å²) in [4.78, 5) is 50.7. The van der Waals surface area contributed by atoms with Gasteiger partial charge in [-0.25, -0.2) is 22.5 Å². The van der Waals surface area contributed by atoms with E-state index in [4.69, 9.17) is 81.2 Å². The Balaban J connectivity index is 0.896. The van der Waals surface area contributed by atoms with Crippen molar-refractivity contribution in [3.8, 4) is 5.75 Å². The fraction of sp³-hybridized carbons (Fsp3) is 0.792. The number of halogens is 5. The molecular weight excluding hydrogens is 1320 g/mol. The van der Waals surface area contributed by atoms with Crippen molar-refractivity contribution in [2.24, 2.45) is 0 Å².